The van der Waals surface area contributed by atoms with Crippen LogP contribution in [0.1, 0.15) is 11.1 Å². The second-order valence-corrected chi connectivity index (χ2v) is 4.89. The minimum Gasteiger partial charge on any atom is -0.326 e. The molecule has 0 amide bonds. The van der Waals surface area contributed by atoms with Crippen LogP contribution in [0.3, 0.4) is 0 Å². The van der Waals surface area contributed by atoms with Crippen LogP contribution in [-0.2, 0) is 12.3 Å². The van der Waals surface area contributed by atoms with Crippen molar-refractivity contribution >= 4 is 11.8 Å². The van der Waals surface area contributed by atoms with E-state index in [4.69, 9.17) is 5.73 Å². The lowest BCUT2D eigenvalue weighted by Gasteiger charge is -2.06. The fourth-order valence-corrected chi connectivity index (χ4v) is 2.47. The van der Waals surface area contributed by atoms with E-state index in [9.17, 15) is 8.78 Å². The van der Waals surface area contributed by atoms with Gasteiger partial charge in [0.05, 0.1) is 0 Å². The summed E-state index contributed by atoms with van der Waals surface area (Å²) < 4.78 is 26.6. The second kappa shape index (κ2) is 5.98. The highest BCUT2D eigenvalue weighted by atomic mass is 32.2. The smallest absolute Gasteiger partial charge is 0.131 e. The van der Waals surface area contributed by atoms with E-state index in [1.54, 1.807) is 30.3 Å². The third-order valence-corrected chi connectivity index (χ3v) is 3.65. The number of nitrogens with two attached hydrogens (primary N) is 1. The van der Waals surface area contributed by atoms with Gasteiger partial charge in [0.1, 0.15) is 11.6 Å². The van der Waals surface area contributed by atoms with Gasteiger partial charge in [0.2, 0.25) is 0 Å². The zero-order chi connectivity index (χ0) is 13.0. The molecule has 0 heterocycles. The summed E-state index contributed by atoms with van der Waals surface area (Å²) in [6.45, 7) is 0.195. The molecule has 94 valence electrons. The molecule has 2 N–H and O–H groups in total. The predicted molar refractivity (Wildman–Crippen MR) is 70.3 cm³/mol. The maximum atomic E-state index is 13.9. The summed E-state index contributed by atoms with van der Waals surface area (Å²) in [4.78, 5) is 0.911. The fraction of sp³-hybridized carbons (Fsp3) is 0.143. The highest BCUT2D eigenvalue weighted by Crippen LogP contribution is 2.25. The quantitative estimate of drug-likeness (QED) is 0.853. The minimum absolute atomic E-state index is 0.195. The lowest BCUT2D eigenvalue weighted by Crippen LogP contribution is -2.02. The number of benzene rings is 2. The van der Waals surface area contributed by atoms with Crippen LogP contribution in [0.15, 0.2) is 47.4 Å². The largest absolute Gasteiger partial charge is 0.326 e. The first-order valence-corrected chi connectivity index (χ1v) is 6.54. The molecule has 4 heteroatoms. The minimum atomic E-state index is -0.268. The van der Waals surface area contributed by atoms with Gasteiger partial charge in [0.15, 0.2) is 0 Å². The van der Waals surface area contributed by atoms with E-state index < -0.39 is 0 Å². The van der Waals surface area contributed by atoms with Crippen LogP contribution in [-0.4, -0.2) is 0 Å². The summed E-state index contributed by atoms with van der Waals surface area (Å²) in [5.74, 6) is -0.00374. The first-order valence-electron chi connectivity index (χ1n) is 5.55. The molecule has 2 aromatic rings. The van der Waals surface area contributed by atoms with Gasteiger partial charge in [-0.3, -0.25) is 0 Å². The molecule has 2 aromatic carbocycles. The number of halogens is 2. The van der Waals surface area contributed by atoms with Crippen LogP contribution >= 0.6 is 11.8 Å². The van der Waals surface area contributed by atoms with Crippen molar-refractivity contribution in [2.24, 2.45) is 5.73 Å². The van der Waals surface area contributed by atoms with Crippen molar-refractivity contribution in [3.8, 4) is 0 Å². The molecule has 0 unspecified atom stereocenters. The van der Waals surface area contributed by atoms with E-state index >= 15 is 0 Å². The number of thioether (sulfide) groups is 1. The van der Waals surface area contributed by atoms with Crippen LogP contribution in [0.5, 0.6) is 0 Å². The van der Waals surface area contributed by atoms with Crippen LogP contribution in [0, 0.1) is 11.6 Å². The third-order valence-electron chi connectivity index (χ3n) is 2.59. The third kappa shape index (κ3) is 3.09. The molecule has 2 rings (SSSR count). The van der Waals surface area contributed by atoms with Gasteiger partial charge in [0.25, 0.3) is 0 Å². The van der Waals surface area contributed by atoms with E-state index in [1.807, 2.05) is 0 Å². The van der Waals surface area contributed by atoms with Crippen molar-refractivity contribution in [2.75, 3.05) is 0 Å². The summed E-state index contributed by atoms with van der Waals surface area (Å²) in [5, 5.41) is 0. The molecule has 0 saturated heterocycles. The molecule has 0 aliphatic carbocycles. The lowest BCUT2D eigenvalue weighted by atomic mass is 10.1. The average Bonchev–Trinajstić information content (AvgIpc) is 2.39. The second-order valence-electron chi connectivity index (χ2n) is 3.84. The molecule has 0 atom stereocenters. The summed E-state index contributed by atoms with van der Waals surface area (Å²) in [6, 6.07) is 11.4. The van der Waals surface area contributed by atoms with Crippen molar-refractivity contribution in [3.05, 3.63) is 65.2 Å². The van der Waals surface area contributed by atoms with Gasteiger partial charge in [-0.2, -0.15) is 0 Å². The fourth-order valence-electron chi connectivity index (χ4n) is 1.59. The van der Waals surface area contributed by atoms with Gasteiger partial charge in [-0.1, -0.05) is 18.2 Å². The topological polar surface area (TPSA) is 26.0 Å². The maximum absolute atomic E-state index is 13.9. The van der Waals surface area contributed by atoms with E-state index in [0.717, 1.165) is 4.90 Å². The van der Waals surface area contributed by atoms with Crippen LogP contribution in [0.25, 0.3) is 0 Å². The molecule has 18 heavy (non-hydrogen) atoms. The Kier molecular flexibility index (Phi) is 4.33. The van der Waals surface area contributed by atoms with E-state index in [2.05, 4.69) is 0 Å². The highest BCUT2D eigenvalue weighted by molar-refractivity contribution is 7.98. The Morgan fingerprint density at radius 2 is 1.61 bits per heavy atom. The molecule has 0 saturated carbocycles. The van der Waals surface area contributed by atoms with Crippen molar-refractivity contribution in [3.63, 3.8) is 0 Å². The van der Waals surface area contributed by atoms with Gasteiger partial charge in [-0.25, -0.2) is 8.78 Å². The van der Waals surface area contributed by atoms with Gasteiger partial charge >= 0.3 is 0 Å². The van der Waals surface area contributed by atoms with E-state index in [0.29, 0.717) is 16.9 Å². The Bertz CT molecular complexity index is 526. The average molecular weight is 265 g/mol. The van der Waals surface area contributed by atoms with Gasteiger partial charge < -0.3 is 5.73 Å². The Labute approximate surface area is 109 Å². The van der Waals surface area contributed by atoms with Gasteiger partial charge in [-0.15, -0.1) is 11.8 Å². The first kappa shape index (κ1) is 13.1. The predicted octanol–water partition coefficient (Wildman–Crippen LogP) is 3.72. The zero-order valence-corrected chi connectivity index (χ0v) is 10.5. The van der Waals surface area contributed by atoms with Crippen LogP contribution in [0.2, 0.25) is 0 Å². The Hall–Kier alpha value is -1.39. The van der Waals surface area contributed by atoms with E-state index in [-0.39, 0.29) is 18.2 Å². The molecule has 0 aliphatic heterocycles. The molecule has 0 fully saturated rings. The standard InChI is InChI=1S/C14H13F2NS/c15-12-4-6-13(7-5-12)18-9-11-3-1-2-10(8-17)14(11)16/h1-7H,8-9,17H2. The van der Waals surface area contributed by atoms with Crippen molar-refractivity contribution in [1.82, 2.24) is 0 Å². The van der Waals surface area contributed by atoms with Gasteiger partial charge in [0, 0.05) is 22.8 Å². The van der Waals surface area contributed by atoms with Crippen molar-refractivity contribution < 1.29 is 8.78 Å². The van der Waals surface area contributed by atoms with Crippen LogP contribution in [0.4, 0.5) is 8.78 Å². The summed E-state index contributed by atoms with van der Waals surface area (Å²) in [7, 11) is 0. The summed E-state index contributed by atoms with van der Waals surface area (Å²) in [6.07, 6.45) is 0. The highest BCUT2D eigenvalue weighted by Gasteiger charge is 2.07. The molecular weight excluding hydrogens is 252 g/mol. The summed E-state index contributed by atoms with van der Waals surface area (Å²) in [5.41, 5.74) is 6.59. The Balaban J connectivity index is 2.08. The molecule has 0 aliphatic rings. The summed E-state index contributed by atoms with van der Waals surface area (Å²) >= 11 is 1.47. The zero-order valence-electron chi connectivity index (χ0n) is 9.70. The lowest BCUT2D eigenvalue weighted by molar-refractivity contribution is 0.600. The first-order chi connectivity index (χ1) is 8.70. The molecule has 1 nitrogen and oxygen atoms in total. The number of hydrogen-bond donors (Lipinski definition) is 1. The molecule has 0 spiro atoms. The Morgan fingerprint density at radius 3 is 2.28 bits per heavy atom. The van der Waals surface area contributed by atoms with Crippen molar-refractivity contribution in [1.29, 1.82) is 0 Å². The van der Waals surface area contributed by atoms with Crippen molar-refractivity contribution in [2.45, 2.75) is 17.2 Å². The van der Waals surface area contributed by atoms with Gasteiger partial charge in [-0.05, 0) is 29.8 Å². The molecular formula is C14H13F2NS. The van der Waals surface area contributed by atoms with E-state index in [1.165, 1.54) is 23.9 Å². The number of hydrogen-bond acceptors (Lipinski definition) is 2. The monoisotopic (exact) mass is 265 g/mol. The molecule has 0 bridgehead atoms. The molecule has 0 radical (unpaired) electrons. The number of rotatable bonds is 4. The van der Waals surface area contributed by atoms with Crippen LogP contribution < -0.4 is 5.73 Å². The SMILES string of the molecule is NCc1cccc(CSc2ccc(F)cc2)c1F. The molecule has 0 aromatic heterocycles. The Morgan fingerprint density at radius 1 is 0.944 bits per heavy atom. The maximum Gasteiger partial charge on any atom is 0.131 e. The normalized spacial score (nSPS) is 10.6.